The van der Waals surface area contributed by atoms with Crippen LogP contribution in [0.4, 0.5) is 5.88 Å². The van der Waals surface area contributed by atoms with Gasteiger partial charge in [0.15, 0.2) is 16.6 Å². The number of carbonyl (C=O) groups is 3. The number of nitrogens with one attached hydrogen (secondary N) is 1. The largest absolute Gasteiger partial charge is 0.462 e. The van der Waals surface area contributed by atoms with E-state index in [1.54, 1.807) is 13.8 Å². The maximum Gasteiger partial charge on any atom is 0.344 e. The fraction of sp³-hybridized carbons (Fsp3) is 0.292. The number of Topliss-reactive ketones (excluding diaryl/α,β-unsaturated/α-hetero) is 1. The molecule has 176 valence electrons. The van der Waals surface area contributed by atoms with Gasteiger partial charge in [-0.3, -0.25) is 19.3 Å². The smallest absolute Gasteiger partial charge is 0.344 e. The molecule has 0 fully saturated rings. The number of aromatic nitrogens is 3. The third-order valence-corrected chi connectivity index (χ3v) is 6.32. The minimum absolute atomic E-state index is 0.0144. The van der Waals surface area contributed by atoms with Crippen LogP contribution in [-0.2, 0) is 9.53 Å². The standard InChI is InChI=1S/C24H24N4O5S/c1-6-32-23(31)20-19(14(4)29)15(5)33-22(20)25-18(30)11-34-24-27-26-17-10-13(3)16-9-7-8-12(2)21(16)28(17)24/h7-10H,6,11H2,1-5H3,(H,25,30). The van der Waals surface area contributed by atoms with Crippen LogP contribution in [0, 0.1) is 20.8 Å². The van der Waals surface area contributed by atoms with Crippen LogP contribution in [0.3, 0.4) is 0 Å². The first kappa shape index (κ1) is 23.5. The number of thioether (sulfide) groups is 1. The number of nitrogens with zero attached hydrogens (tertiary/aromatic N) is 3. The first-order valence-corrected chi connectivity index (χ1v) is 11.7. The van der Waals surface area contributed by atoms with Gasteiger partial charge in [-0.25, -0.2) is 4.79 Å². The fourth-order valence-corrected chi connectivity index (χ4v) is 4.72. The topological polar surface area (TPSA) is 116 Å². The molecular formula is C24H24N4O5S. The van der Waals surface area contributed by atoms with Gasteiger partial charge in [0, 0.05) is 5.39 Å². The van der Waals surface area contributed by atoms with E-state index in [4.69, 9.17) is 9.15 Å². The Morgan fingerprint density at radius 1 is 1.12 bits per heavy atom. The number of fused-ring (bicyclic) bond motifs is 3. The first-order chi connectivity index (χ1) is 16.2. The predicted molar refractivity (Wildman–Crippen MR) is 129 cm³/mol. The quantitative estimate of drug-likeness (QED) is 0.233. The Kier molecular flexibility index (Phi) is 6.43. The zero-order valence-corrected chi connectivity index (χ0v) is 20.3. The fourth-order valence-electron chi connectivity index (χ4n) is 3.97. The van der Waals surface area contributed by atoms with Crippen LogP contribution in [0.25, 0.3) is 16.6 Å². The lowest BCUT2D eigenvalue weighted by Gasteiger charge is -2.10. The summed E-state index contributed by atoms with van der Waals surface area (Å²) in [5.41, 5.74) is 3.87. The number of para-hydroxylation sites is 1. The number of esters is 1. The number of furan rings is 1. The molecule has 4 rings (SSSR count). The SMILES string of the molecule is CCOC(=O)c1c(NC(=O)CSc2nnc3cc(C)c4cccc(C)c4n23)oc(C)c1C(C)=O. The van der Waals surface area contributed by atoms with Crippen molar-refractivity contribution in [2.45, 2.75) is 39.8 Å². The molecule has 0 bridgehead atoms. The molecule has 0 aliphatic rings. The van der Waals surface area contributed by atoms with Gasteiger partial charge in [0.1, 0.15) is 11.3 Å². The monoisotopic (exact) mass is 480 g/mol. The van der Waals surface area contributed by atoms with Crippen molar-refractivity contribution in [3.63, 3.8) is 0 Å². The molecule has 1 amide bonds. The number of anilines is 1. The number of hydrogen-bond donors (Lipinski definition) is 1. The zero-order valence-electron chi connectivity index (χ0n) is 19.5. The summed E-state index contributed by atoms with van der Waals surface area (Å²) < 4.78 is 12.5. The lowest BCUT2D eigenvalue weighted by molar-refractivity contribution is -0.113. The van der Waals surface area contributed by atoms with Crippen molar-refractivity contribution in [1.29, 1.82) is 0 Å². The molecule has 10 heteroatoms. The number of rotatable bonds is 7. The van der Waals surface area contributed by atoms with Crippen molar-refractivity contribution in [1.82, 2.24) is 14.6 Å². The number of hydrogen-bond acceptors (Lipinski definition) is 8. The van der Waals surface area contributed by atoms with Crippen molar-refractivity contribution in [3.05, 3.63) is 52.3 Å². The summed E-state index contributed by atoms with van der Waals surface area (Å²) in [5, 5.41) is 12.8. The van der Waals surface area contributed by atoms with Gasteiger partial charge in [-0.15, -0.1) is 10.2 Å². The van der Waals surface area contributed by atoms with E-state index in [0.717, 1.165) is 22.0 Å². The van der Waals surface area contributed by atoms with E-state index >= 15 is 0 Å². The molecule has 0 saturated heterocycles. The number of benzene rings is 1. The summed E-state index contributed by atoms with van der Waals surface area (Å²) in [6.07, 6.45) is 0. The van der Waals surface area contributed by atoms with E-state index in [1.165, 1.54) is 18.7 Å². The van der Waals surface area contributed by atoms with Gasteiger partial charge in [0.25, 0.3) is 0 Å². The second-order valence-corrected chi connectivity index (χ2v) is 8.77. The molecule has 9 nitrogen and oxygen atoms in total. The van der Waals surface area contributed by atoms with Gasteiger partial charge in [-0.2, -0.15) is 0 Å². The Labute approximate surface area is 199 Å². The number of aryl methyl sites for hydroxylation is 3. The van der Waals surface area contributed by atoms with Gasteiger partial charge in [0.05, 0.1) is 23.4 Å². The second-order valence-electron chi connectivity index (χ2n) is 7.83. The van der Waals surface area contributed by atoms with Gasteiger partial charge in [0.2, 0.25) is 11.8 Å². The van der Waals surface area contributed by atoms with Crippen LogP contribution < -0.4 is 5.32 Å². The molecule has 34 heavy (non-hydrogen) atoms. The third-order valence-electron chi connectivity index (χ3n) is 5.39. The molecule has 0 spiro atoms. The Morgan fingerprint density at radius 3 is 2.59 bits per heavy atom. The van der Waals surface area contributed by atoms with Crippen molar-refractivity contribution in [2.75, 3.05) is 17.7 Å². The Hall–Kier alpha value is -3.66. The van der Waals surface area contributed by atoms with Crippen molar-refractivity contribution in [2.24, 2.45) is 0 Å². The number of carbonyl (C=O) groups excluding carboxylic acids is 3. The molecule has 1 aromatic carbocycles. The lowest BCUT2D eigenvalue weighted by atomic mass is 10.1. The molecule has 0 saturated carbocycles. The van der Waals surface area contributed by atoms with E-state index in [2.05, 4.69) is 15.5 Å². The highest BCUT2D eigenvalue weighted by Crippen LogP contribution is 2.30. The van der Waals surface area contributed by atoms with Crippen LogP contribution in [0.1, 0.15) is 51.5 Å². The van der Waals surface area contributed by atoms with Crippen molar-refractivity contribution in [3.8, 4) is 0 Å². The summed E-state index contributed by atoms with van der Waals surface area (Å²) in [7, 11) is 0. The molecule has 0 atom stereocenters. The summed E-state index contributed by atoms with van der Waals surface area (Å²) in [5.74, 6) is -1.39. The van der Waals surface area contributed by atoms with Gasteiger partial charge >= 0.3 is 5.97 Å². The third kappa shape index (κ3) is 4.16. The van der Waals surface area contributed by atoms with Gasteiger partial charge in [-0.05, 0) is 51.8 Å². The highest BCUT2D eigenvalue weighted by atomic mass is 32.2. The number of ketones is 1. The molecule has 1 N–H and O–H groups in total. The minimum Gasteiger partial charge on any atom is -0.462 e. The number of ether oxygens (including phenoxy) is 1. The second kappa shape index (κ2) is 9.30. The average Bonchev–Trinajstić information content (AvgIpc) is 3.32. The molecule has 3 aromatic heterocycles. The molecule has 3 heterocycles. The van der Waals surface area contributed by atoms with Gasteiger partial charge in [-0.1, -0.05) is 30.0 Å². The van der Waals surface area contributed by atoms with Gasteiger partial charge < -0.3 is 9.15 Å². The van der Waals surface area contributed by atoms with Crippen LogP contribution in [0.5, 0.6) is 0 Å². The number of pyridine rings is 1. The maximum atomic E-state index is 12.8. The van der Waals surface area contributed by atoms with E-state index in [1.807, 2.05) is 42.5 Å². The van der Waals surface area contributed by atoms with Crippen molar-refractivity contribution >= 4 is 51.9 Å². The van der Waals surface area contributed by atoms with Crippen LogP contribution >= 0.6 is 11.8 Å². The molecule has 0 aliphatic carbocycles. The molecule has 0 radical (unpaired) electrons. The lowest BCUT2D eigenvalue weighted by Crippen LogP contribution is -2.17. The first-order valence-electron chi connectivity index (χ1n) is 10.7. The Bertz CT molecular complexity index is 1450. The zero-order chi connectivity index (χ0) is 24.6. The molecule has 0 unspecified atom stereocenters. The van der Waals surface area contributed by atoms with Crippen LogP contribution in [-0.4, -0.2) is 44.6 Å². The Morgan fingerprint density at radius 2 is 1.88 bits per heavy atom. The van der Waals surface area contributed by atoms with Crippen LogP contribution in [0.15, 0.2) is 33.8 Å². The number of amides is 1. The normalized spacial score (nSPS) is 11.2. The maximum absolute atomic E-state index is 12.8. The summed E-state index contributed by atoms with van der Waals surface area (Å²) in [6, 6.07) is 8.02. The molecule has 0 aliphatic heterocycles. The van der Waals surface area contributed by atoms with E-state index < -0.39 is 11.9 Å². The highest BCUT2D eigenvalue weighted by molar-refractivity contribution is 7.99. The highest BCUT2D eigenvalue weighted by Gasteiger charge is 2.29. The predicted octanol–water partition coefficient (Wildman–Crippen LogP) is 4.51. The van der Waals surface area contributed by atoms with E-state index in [9.17, 15) is 14.4 Å². The minimum atomic E-state index is -0.728. The van der Waals surface area contributed by atoms with E-state index in [-0.39, 0.29) is 40.9 Å². The molecule has 4 aromatic rings. The summed E-state index contributed by atoms with van der Waals surface area (Å²) in [4.78, 5) is 37.3. The van der Waals surface area contributed by atoms with E-state index in [0.29, 0.717) is 10.8 Å². The summed E-state index contributed by atoms with van der Waals surface area (Å²) in [6.45, 7) is 8.71. The van der Waals surface area contributed by atoms with Crippen LogP contribution in [0.2, 0.25) is 0 Å². The average molecular weight is 481 g/mol. The molecular weight excluding hydrogens is 456 g/mol. The summed E-state index contributed by atoms with van der Waals surface area (Å²) >= 11 is 1.21. The Balaban J connectivity index is 1.61. The van der Waals surface area contributed by atoms with Crippen molar-refractivity contribution < 1.29 is 23.5 Å².